The molecule has 1 N–H and O–H groups in total. The van der Waals surface area contributed by atoms with Crippen LogP contribution in [-0.4, -0.2) is 28.2 Å². The number of nitrogens with one attached hydrogen (secondary N) is 1. The smallest absolute Gasteiger partial charge is 0.257 e. The van der Waals surface area contributed by atoms with Crippen molar-refractivity contribution in [3.8, 4) is 11.1 Å². The Labute approximate surface area is 184 Å². The van der Waals surface area contributed by atoms with Gasteiger partial charge in [0.15, 0.2) is 0 Å². The van der Waals surface area contributed by atoms with Crippen LogP contribution < -0.4 is 5.32 Å². The van der Waals surface area contributed by atoms with Crippen LogP contribution in [0.25, 0.3) is 17.2 Å². The third-order valence-corrected chi connectivity index (χ3v) is 7.19. The van der Waals surface area contributed by atoms with Crippen LogP contribution in [0, 0.1) is 23.6 Å². The summed E-state index contributed by atoms with van der Waals surface area (Å²) in [6.45, 7) is 0.408. The quantitative estimate of drug-likeness (QED) is 0.624. The molecule has 1 aromatic carbocycles. The molecule has 0 bridgehead atoms. The molecule has 31 heavy (non-hydrogen) atoms. The van der Waals surface area contributed by atoms with E-state index < -0.39 is 11.5 Å². The third kappa shape index (κ3) is 3.95. The lowest BCUT2D eigenvalue weighted by molar-refractivity contribution is -0.0659. The first-order chi connectivity index (χ1) is 14.8. The molecule has 4 atom stereocenters. The van der Waals surface area contributed by atoms with Gasteiger partial charge in [-0.1, -0.05) is 24.3 Å². The SMILES string of the molecule is Fc1cccc(-c2ccc(/C=C/[C@H]3[C@@H]4CCC(F)(F)C[C@H]4CC34COC(=S)N4)nc2)c1. The van der Waals surface area contributed by atoms with Crippen molar-refractivity contribution < 1.29 is 17.9 Å². The summed E-state index contributed by atoms with van der Waals surface area (Å²) in [5.41, 5.74) is 1.94. The highest BCUT2D eigenvalue weighted by molar-refractivity contribution is 7.80. The molecule has 3 nitrogen and oxygen atoms in total. The summed E-state index contributed by atoms with van der Waals surface area (Å²) < 4.78 is 47.1. The Bertz CT molecular complexity index is 1030. The first kappa shape index (κ1) is 20.5. The van der Waals surface area contributed by atoms with Crippen LogP contribution in [-0.2, 0) is 4.74 Å². The van der Waals surface area contributed by atoms with Crippen molar-refractivity contribution in [1.82, 2.24) is 10.3 Å². The molecule has 2 aromatic rings. The molecule has 3 fully saturated rings. The van der Waals surface area contributed by atoms with Crippen molar-refractivity contribution in [3.05, 3.63) is 60.2 Å². The molecule has 0 amide bonds. The van der Waals surface area contributed by atoms with Gasteiger partial charge in [0, 0.05) is 30.5 Å². The first-order valence-corrected chi connectivity index (χ1v) is 11.0. The molecule has 2 saturated carbocycles. The van der Waals surface area contributed by atoms with Crippen LogP contribution in [0.5, 0.6) is 0 Å². The number of halogens is 3. The Balaban J connectivity index is 1.39. The molecule has 5 rings (SSSR count). The Morgan fingerprint density at radius 2 is 2.03 bits per heavy atom. The zero-order chi connectivity index (χ0) is 21.6. The monoisotopic (exact) mass is 444 g/mol. The minimum Gasteiger partial charge on any atom is -0.469 e. The van der Waals surface area contributed by atoms with Crippen molar-refractivity contribution in [2.45, 2.75) is 37.1 Å². The number of ether oxygens (including phenoxy) is 1. The summed E-state index contributed by atoms with van der Waals surface area (Å²) in [6.07, 6.45) is 6.74. The van der Waals surface area contributed by atoms with Gasteiger partial charge >= 0.3 is 0 Å². The molecular weight excluding hydrogens is 421 g/mol. The van der Waals surface area contributed by atoms with Gasteiger partial charge in [0.25, 0.3) is 5.17 Å². The summed E-state index contributed by atoms with van der Waals surface area (Å²) in [6, 6.07) is 10.2. The van der Waals surface area contributed by atoms with Gasteiger partial charge in [-0.2, -0.15) is 0 Å². The zero-order valence-corrected chi connectivity index (χ0v) is 17.7. The highest BCUT2D eigenvalue weighted by Crippen LogP contribution is 2.55. The average Bonchev–Trinajstić information content (AvgIpc) is 3.24. The average molecular weight is 445 g/mol. The second kappa shape index (κ2) is 7.62. The molecule has 2 aliphatic carbocycles. The molecule has 1 aromatic heterocycles. The number of pyridine rings is 1. The maximum Gasteiger partial charge on any atom is 0.257 e. The predicted octanol–water partition coefficient (Wildman–Crippen LogP) is 5.62. The Morgan fingerprint density at radius 1 is 1.16 bits per heavy atom. The van der Waals surface area contributed by atoms with E-state index in [1.54, 1.807) is 12.3 Å². The minimum absolute atomic E-state index is 0.0405. The maximum absolute atomic E-state index is 14.0. The van der Waals surface area contributed by atoms with Crippen LogP contribution in [0.4, 0.5) is 13.2 Å². The number of alkyl halides is 2. The number of thiocarbonyl (C=S) groups is 1. The first-order valence-electron chi connectivity index (χ1n) is 10.6. The minimum atomic E-state index is -2.59. The van der Waals surface area contributed by atoms with E-state index in [1.807, 2.05) is 24.3 Å². The van der Waals surface area contributed by atoms with Crippen molar-refractivity contribution in [2.75, 3.05) is 6.61 Å². The fourth-order valence-corrected chi connectivity index (χ4v) is 5.85. The van der Waals surface area contributed by atoms with Gasteiger partial charge in [0.05, 0.1) is 11.2 Å². The molecule has 0 radical (unpaired) electrons. The highest BCUT2D eigenvalue weighted by Gasteiger charge is 2.59. The van der Waals surface area contributed by atoms with Gasteiger partial charge < -0.3 is 10.1 Å². The van der Waals surface area contributed by atoms with E-state index >= 15 is 0 Å². The second-order valence-corrected chi connectivity index (χ2v) is 9.32. The van der Waals surface area contributed by atoms with Crippen molar-refractivity contribution >= 4 is 23.5 Å². The van der Waals surface area contributed by atoms with Crippen molar-refractivity contribution in [2.24, 2.45) is 17.8 Å². The van der Waals surface area contributed by atoms with E-state index in [9.17, 15) is 13.2 Å². The number of nitrogens with zero attached hydrogens (tertiary/aromatic N) is 1. The van der Waals surface area contributed by atoms with Crippen molar-refractivity contribution in [1.29, 1.82) is 0 Å². The molecule has 1 unspecified atom stereocenters. The fourth-order valence-electron chi connectivity index (χ4n) is 5.59. The Kier molecular flexibility index (Phi) is 5.04. The van der Waals surface area contributed by atoms with E-state index in [-0.39, 0.29) is 36.4 Å². The van der Waals surface area contributed by atoms with E-state index in [0.29, 0.717) is 24.6 Å². The molecule has 1 saturated heterocycles. The van der Waals surface area contributed by atoms with Crippen LogP contribution >= 0.6 is 12.2 Å². The van der Waals surface area contributed by atoms with Crippen LogP contribution in [0.15, 0.2) is 48.7 Å². The molecule has 1 spiro atoms. The number of fused-ring (bicyclic) bond motifs is 1. The van der Waals surface area contributed by atoms with E-state index in [1.165, 1.54) is 12.1 Å². The standard InChI is InChI=1S/C24H23F3N2OS/c25-18-3-1-2-15(10-18)16-4-5-19(28-13-16)6-7-21-20-8-9-24(26,27)12-17(20)11-23(21)14-30-22(31)29-23/h1-7,10,13,17,20-21H,8-9,11-12,14H2,(H,29,31)/b7-6+/t17-,20-,21+,23?/m1/s1. The molecule has 2 heterocycles. The summed E-state index contributed by atoms with van der Waals surface area (Å²) in [5.74, 6) is -2.73. The lowest BCUT2D eigenvalue weighted by Gasteiger charge is -2.34. The molecular formula is C24H23F3N2OS. The van der Waals surface area contributed by atoms with Gasteiger partial charge in [-0.05, 0) is 66.7 Å². The summed E-state index contributed by atoms with van der Waals surface area (Å²) in [4.78, 5) is 4.50. The fraction of sp³-hybridized carbons (Fsp3) is 0.417. The second-order valence-electron chi connectivity index (χ2n) is 8.95. The topological polar surface area (TPSA) is 34.1 Å². The summed E-state index contributed by atoms with van der Waals surface area (Å²) in [5, 5.41) is 3.64. The number of hydrogen-bond acceptors (Lipinski definition) is 3. The predicted molar refractivity (Wildman–Crippen MR) is 117 cm³/mol. The van der Waals surface area contributed by atoms with Crippen molar-refractivity contribution in [3.63, 3.8) is 0 Å². The normalized spacial score (nSPS) is 31.6. The van der Waals surface area contributed by atoms with Gasteiger partial charge in [-0.15, -0.1) is 0 Å². The highest BCUT2D eigenvalue weighted by atomic mass is 32.1. The van der Waals surface area contributed by atoms with Crippen LogP contribution in [0.3, 0.4) is 0 Å². The lowest BCUT2D eigenvalue weighted by Crippen LogP contribution is -2.47. The van der Waals surface area contributed by atoms with Gasteiger partial charge in [0.2, 0.25) is 5.92 Å². The Hall–Kier alpha value is -2.41. The van der Waals surface area contributed by atoms with Crippen LogP contribution in [0.2, 0.25) is 0 Å². The van der Waals surface area contributed by atoms with E-state index in [4.69, 9.17) is 17.0 Å². The largest absolute Gasteiger partial charge is 0.469 e. The van der Waals surface area contributed by atoms with Gasteiger partial charge in [-0.3, -0.25) is 4.98 Å². The summed E-state index contributed by atoms with van der Waals surface area (Å²) in [7, 11) is 0. The van der Waals surface area contributed by atoms with Crippen LogP contribution in [0.1, 0.15) is 31.4 Å². The lowest BCUT2D eigenvalue weighted by atomic mass is 9.75. The number of aromatic nitrogens is 1. The number of benzene rings is 1. The number of rotatable bonds is 3. The van der Waals surface area contributed by atoms with E-state index in [2.05, 4.69) is 16.4 Å². The molecule has 162 valence electrons. The molecule has 1 aliphatic heterocycles. The maximum atomic E-state index is 14.0. The third-order valence-electron chi connectivity index (χ3n) is 6.97. The van der Waals surface area contributed by atoms with Gasteiger partial charge in [0.1, 0.15) is 12.4 Å². The molecule has 7 heteroatoms. The van der Waals surface area contributed by atoms with E-state index in [0.717, 1.165) is 16.8 Å². The zero-order valence-electron chi connectivity index (χ0n) is 16.9. The number of hydrogen-bond donors (Lipinski definition) is 1. The molecule has 3 aliphatic rings. The summed E-state index contributed by atoms with van der Waals surface area (Å²) >= 11 is 5.19. The van der Waals surface area contributed by atoms with Gasteiger partial charge in [-0.25, -0.2) is 13.2 Å². The Morgan fingerprint density at radius 3 is 2.74 bits per heavy atom.